The topological polar surface area (TPSA) is 82.5 Å². The van der Waals surface area contributed by atoms with Crippen LogP contribution in [-0.2, 0) is 6.54 Å². The lowest BCUT2D eigenvalue weighted by Crippen LogP contribution is -2.29. The minimum absolute atomic E-state index is 0.119. The largest absolute Gasteiger partial charge is 0.476 e. The molecule has 5 nitrogen and oxygen atoms in total. The number of carbonyl (C=O) groups is 1. The van der Waals surface area contributed by atoms with E-state index in [-0.39, 0.29) is 17.0 Å². The van der Waals surface area contributed by atoms with Crippen LogP contribution in [0.2, 0.25) is 0 Å². The second-order valence-electron chi connectivity index (χ2n) is 5.04. The SMILES string of the molecule is CC(C)(CCCO)CNCc1csc(C(=O)O)n1. The fraction of sp³-hybridized carbons (Fsp3) is 0.667. The van der Waals surface area contributed by atoms with Gasteiger partial charge in [0.1, 0.15) is 0 Å². The number of aromatic nitrogens is 1. The molecule has 0 atom stereocenters. The standard InChI is InChI=1S/C12H20N2O3S/c1-12(2,4-3-5-15)8-13-6-9-7-18-10(14-9)11(16)17/h7,13,15H,3-6,8H2,1-2H3,(H,16,17). The van der Waals surface area contributed by atoms with Crippen LogP contribution in [0.4, 0.5) is 0 Å². The zero-order chi connectivity index (χ0) is 13.6. The number of hydrogen-bond donors (Lipinski definition) is 3. The lowest BCUT2D eigenvalue weighted by Gasteiger charge is -2.24. The average Bonchev–Trinajstić information content (AvgIpc) is 2.75. The summed E-state index contributed by atoms with van der Waals surface area (Å²) in [6.45, 7) is 5.88. The molecule has 1 rings (SSSR count). The van der Waals surface area contributed by atoms with Gasteiger partial charge in [-0.05, 0) is 18.3 Å². The molecule has 0 spiro atoms. The van der Waals surface area contributed by atoms with Gasteiger partial charge in [0.25, 0.3) is 0 Å². The molecule has 6 heteroatoms. The summed E-state index contributed by atoms with van der Waals surface area (Å²) in [5, 5.41) is 22.7. The average molecular weight is 272 g/mol. The van der Waals surface area contributed by atoms with Crippen molar-refractivity contribution in [3.63, 3.8) is 0 Å². The maximum atomic E-state index is 10.7. The van der Waals surface area contributed by atoms with Crippen molar-refractivity contribution in [1.82, 2.24) is 10.3 Å². The van der Waals surface area contributed by atoms with Gasteiger partial charge in [0.15, 0.2) is 0 Å². The lowest BCUT2D eigenvalue weighted by atomic mass is 9.88. The van der Waals surface area contributed by atoms with Crippen molar-refractivity contribution in [2.45, 2.75) is 33.2 Å². The van der Waals surface area contributed by atoms with Crippen LogP contribution in [0.3, 0.4) is 0 Å². The van der Waals surface area contributed by atoms with Gasteiger partial charge < -0.3 is 15.5 Å². The highest BCUT2D eigenvalue weighted by atomic mass is 32.1. The molecule has 0 aliphatic rings. The highest BCUT2D eigenvalue weighted by Crippen LogP contribution is 2.21. The number of aliphatic hydroxyl groups is 1. The Labute approximate surface area is 111 Å². The molecule has 0 radical (unpaired) electrons. The molecule has 0 bridgehead atoms. The second-order valence-corrected chi connectivity index (χ2v) is 5.90. The summed E-state index contributed by atoms with van der Waals surface area (Å²) in [4.78, 5) is 14.7. The number of rotatable bonds is 8. The third kappa shape index (κ3) is 5.12. The number of thiazole rings is 1. The van der Waals surface area contributed by atoms with Crippen LogP contribution in [0.15, 0.2) is 5.38 Å². The van der Waals surface area contributed by atoms with E-state index < -0.39 is 5.97 Å². The number of nitrogens with one attached hydrogen (secondary N) is 1. The Kier molecular flexibility index (Phi) is 5.71. The summed E-state index contributed by atoms with van der Waals surface area (Å²) in [5.41, 5.74) is 0.879. The van der Waals surface area contributed by atoms with Crippen molar-refractivity contribution in [3.8, 4) is 0 Å². The molecule has 1 heterocycles. The van der Waals surface area contributed by atoms with Crippen LogP contribution in [0.1, 0.15) is 42.2 Å². The van der Waals surface area contributed by atoms with E-state index >= 15 is 0 Å². The Bertz CT molecular complexity index is 390. The van der Waals surface area contributed by atoms with Crippen LogP contribution in [0, 0.1) is 5.41 Å². The van der Waals surface area contributed by atoms with Crippen molar-refractivity contribution in [1.29, 1.82) is 0 Å². The minimum atomic E-state index is -0.977. The van der Waals surface area contributed by atoms with Gasteiger partial charge in [0, 0.05) is 25.1 Å². The van der Waals surface area contributed by atoms with E-state index in [1.807, 2.05) is 0 Å². The van der Waals surface area contributed by atoms with E-state index in [2.05, 4.69) is 24.1 Å². The van der Waals surface area contributed by atoms with E-state index in [9.17, 15) is 4.79 Å². The Morgan fingerprint density at radius 2 is 2.28 bits per heavy atom. The van der Waals surface area contributed by atoms with Crippen molar-refractivity contribution in [3.05, 3.63) is 16.1 Å². The Morgan fingerprint density at radius 1 is 1.56 bits per heavy atom. The van der Waals surface area contributed by atoms with E-state index in [1.165, 1.54) is 0 Å². The Balaban J connectivity index is 2.34. The van der Waals surface area contributed by atoms with E-state index in [0.717, 1.165) is 36.4 Å². The predicted molar refractivity (Wildman–Crippen MR) is 70.9 cm³/mol. The van der Waals surface area contributed by atoms with Gasteiger partial charge in [-0.3, -0.25) is 0 Å². The zero-order valence-electron chi connectivity index (χ0n) is 10.8. The van der Waals surface area contributed by atoms with Gasteiger partial charge in [-0.15, -0.1) is 11.3 Å². The number of carboxylic acids is 1. The first-order valence-electron chi connectivity index (χ1n) is 5.94. The fourth-order valence-corrected chi connectivity index (χ4v) is 2.32. The summed E-state index contributed by atoms with van der Waals surface area (Å²) in [5.74, 6) is -0.977. The molecule has 0 aliphatic carbocycles. The first-order valence-corrected chi connectivity index (χ1v) is 6.82. The Hall–Kier alpha value is -0.980. The number of aromatic carboxylic acids is 1. The molecule has 0 amide bonds. The van der Waals surface area contributed by atoms with Crippen LogP contribution < -0.4 is 5.32 Å². The van der Waals surface area contributed by atoms with Crippen molar-refractivity contribution in [2.24, 2.45) is 5.41 Å². The maximum absolute atomic E-state index is 10.7. The summed E-state index contributed by atoms with van der Waals surface area (Å²) in [6, 6.07) is 0. The maximum Gasteiger partial charge on any atom is 0.365 e. The second kappa shape index (κ2) is 6.82. The summed E-state index contributed by atoms with van der Waals surface area (Å²) in [6.07, 6.45) is 1.75. The fourth-order valence-electron chi connectivity index (χ4n) is 1.66. The van der Waals surface area contributed by atoms with Gasteiger partial charge in [-0.2, -0.15) is 0 Å². The normalized spacial score (nSPS) is 11.7. The van der Waals surface area contributed by atoms with E-state index in [0.29, 0.717) is 6.54 Å². The molecule has 1 aromatic heterocycles. The molecule has 0 unspecified atom stereocenters. The van der Waals surface area contributed by atoms with Crippen LogP contribution >= 0.6 is 11.3 Å². The molecule has 0 aromatic carbocycles. The monoisotopic (exact) mass is 272 g/mol. The van der Waals surface area contributed by atoms with Gasteiger partial charge in [-0.25, -0.2) is 9.78 Å². The third-order valence-electron chi connectivity index (χ3n) is 2.66. The van der Waals surface area contributed by atoms with Gasteiger partial charge in [0.2, 0.25) is 5.01 Å². The van der Waals surface area contributed by atoms with Crippen molar-refractivity contribution < 1.29 is 15.0 Å². The molecule has 1 aromatic rings. The summed E-state index contributed by atoms with van der Waals surface area (Å²) < 4.78 is 0. The number of hydrogen-bond acceptors (Lipinski definition) is 5. The molecular weight excluding hydrogens is 252 g/mol. The highest BCUT2D eigenvalue weighted by molar-refractivity contribution is 7.11. The summed E-state index contributed by atoms with van der Waals surface area (Å²) in [7, 11) is 0. The van der Waals surface area contributed by atoms with Gasteiger partial charge in [0.05, 0.1) is 5.69 Å². The Morgan fingerprint density at radius 3 is 2.83 bits per heavy atom. The minimum Gasteiger partial charge on any atom is -0.476 e. The third-order valence-corrected chi connectivity index (χ3v) is 3.54. The molecule has 0 saturated heterocycles. The van der Waals surface area contributed by atoms with Crippen LogP contribution in [0.25, 0.3) is 0 Å². The van der Waals surface area contributed by atoms with Crippen molar-refractivity contribution >= 4 is 17.3 Å². The highest BCUT2D eigenvalue weighted by Gasteiger charge is 2.17. The quantitative estimate of drug-likeness (QED) is 0.671. The molecule has 0 aliphatic heterocycles. The molecule has 3 N–H and O–H groups in total. The van der Waals surface area contributed by atoms with E-state index in [4.69, 9.17) is 10.2 Å². The lowest BCUT2D eigenvalue weighted by molar-refractivity contribution is 0.0696. The van der Waals surface area contributed by atoms with Crippen LogP contribution in [-0.4, -0.2) is 34.3 Å². The number of aliphatic hydroxyl groups excluding tert-OH is 1. The molecular formula is C12H20N2O3S. The number of nitrogens with zero attached hydrogens (tertiary/aromatic N) is 1. The first-order chi connectivity index (χ1) is 8.44. The number of carboxylic acid groups (broad SMARTS) is 1. The molecule has 0 fully saturated rings. The predicted octanol–water partition coefficient (Wildman–Crippen LogP) is 1.73. The van der Waals surface area contributed by atoms with E-state index in [1.54, 1.807) is 5.38 Å². The molecule has 0 saturated carbocycles. The zero-order valence-corrected chi connectivity index (χ0v) is 11.6. The smallest absolute Gasteiger partial charge is 0.365 e. The van der Waals surface area contributed by atoms with Gasteiger partial charge >= 0.3 is 5.97 Å². The molecule has 102 valence electrons. The van der Waals surface area contributed by atoms with Crippen LogP contribution in [0.5, 0.6) is 0 Å². The van der Waals surface area contributed by atoms with Crippen molar-refractivity contribution in [2.75, 3.05) is 13.2 Å². The molecule has 18 heavy (non-hydrogen) atoms. The van der Waals surface area contributed by atoms with Gasteiger partial charge in [-0.1, -0.05) is 13.8 Å². The summed E-state index contributed by atoms with van der Waals surface area (Å²) >= 11 is 1.15. The first kappa shape index (κ1) is 15.1.